The summed E-state index contributed by atoms with van der Waals surface area (Å²) in [6.07, 6.45) is 0. The first kappa shape index (κ1) is 17.7. The first-order valence-electron chi connectivity index (χ1n) is 6.49. The van der Waals surface area contributed by atoms with Crippen LogP contribution < -0.4 is 20.5 Å². The summed E-state index contributed by atoms with van der Waals surface area (Å²) in [6, 6.07) is 2.91. The lowest BCUT2D eigenvalue weighted by Gasteiger charge is -2.20. The van der Waals surface area contributed by atoms with Crippen molar-refractivity contribution in [2.75, 3.05) is 41.4 Å². The number of carbonyl (C=O) groups excluding carboxylic acids is 1. The lowest BCUT2D eigenvalue weighted by Crippen LogP contribution is -2.37. The van der Waals surface area contributed by atoms with Crippen LogP contribution in [0.3, 0.4) is 0 Å². The second-order valence-electron chi connectivity index (χ2n) is 4.82. The molecule has 0 saturated carbocycles. The Morgan fingerprint density at radius 2 is 1.90 bits per heavy atom. The quantitative estimate of drug-likeness (QED) is 0.727. The minimum Gasteiger partial charge on any atom is -0.493 e. The van der Waals surface area contributed by atoms with Gasteiger partial charge in [-0.05, 0) is 31.8 Å². The molecule has 0 aliphatic heterocycles. The van der Waals surface area contributed by atoms with E-state index in [0.717, 1.165) is 16.6 Å². The SMILES string of the molecule is COc1cc(Br)c(C(NCCN(C)C)C(N)=O)cc1OC. The molecule has 0 aliphatic carbocycles. The Hall–Kier alpha value is -1.31. The molecule has 1 aromatic carbocycles. The molecular formula is C14H22BrN3O3. The number of nitrogens with two attached hydrogens (primary N) is 1. The van der Waals surface area contributed by atoms with Crippen molar-refractivity contribution in [1.29, 1.82) is 0 Å². The van der Waals surface area contributed by atoms with Gasteiger partial charge in [-0.3, -0.25) is 4.79 Å². The van der Waals surface area contributed by atoms with Crippen LogP contribution in [-0.4, -0.2) is 52.2 Å². The fourth-order valence-electron chi connectivity index (χ4n) is 1.89. The van der Waals surface area contributed by atoms with Gasteiger partial charge in [-0.15, -0.1) is 0 Å². The largest absolute Gasteiger partial charge is 0.493 e. The third-order valence-electron chi connectivity index (χ3n) is 3.01. The molecule has 0 bridgehead atoms. The van der Waals surface area contributed by atoms with Gasteiger partial charge in [0.25, 0.3) is 0 Å². The molecule has 0 aliphatic rings. The number of hydrogen-bond acceptors (Lipinski definition) is 5. The number of methoxy groups -OCH3 is 2. The zero-order valence-corrected chi connectivity index (χ0v) is 14.4. The topological polar surface area (TPSA) is 76.8 Å². The molecule has 118 valence electrons. The lowest BCUT2D eigenvalue weighted by atomic mass is 10.1. The van der Waals surface area contributed by atoms with E-state index in [4.69, 9.17) is 15.2 Å². The van der Waals surface area contributed by atoms with Gasteiger partial charge in [0.2, 0.25) is 5.91 Å². The molecule has 1 aromatic rings. The zero-order chi connectivity index (χ0) is 16.0. The van der Waals surface area contributed by atoms with Crippen LogP contribution >= 0.6 is 15.9 Å². The fraction of sp³-hybridized carbons (Fsp3) is 0.500. The van der Waals surface area contributed by atoms with Crippen molar-refractivity contribution in [3.63, 3.8) is 0 Å². The smallest absolute Gasteiger partial charge is 0.239 e. The van der Waals surface area contributed by atoms with E-state index < -0.39 is 11.9 Å². The van der Waals surface area contributed by atoms with E-state index in [1.54, 1.807) is 26.4 Å². The number of halogens is 1. The van der Waals surface area contributed by atoms with Crippen molar-refractivity contribution in [1.82, 2.24) is 10.2 Å². The molecule has 0 spiro atoms. The van der Waals surface area contributed by atoms with Crippen LogP contribution in [0, 0.1) is 0 Å². The summed E-state index contributed by atoms with van der Waals surface area (Å²) in [6.45, 7) is 1.44. The summed E-state index contributed by atoms with van der Waals surface area (Å²) in [5.41, 5.74) is 6.23. The van der Waals surface area contributed by atoms with Crippen molar-refractivity contribution in [3.05, 3.63) is 22.2 Å². The average Bonchev–Trinajstić information content (AvgIpc) is 2.43. The van der Waals surface area contributed by atoms with Crippen LogP contribution in [0.25, 0.3) is 0 Å². The Kier molecular flexibility index (Phi) is 6.94. The number of primary amides is 1. The Balaban J connectivity index is 3.04. The summed E-state index contributed by atoms with van der Waals surface area (Å²) >= 11 is 3.45. The highest BCUT2D eigenvalue weighted by Crippen LogP contribution is 2.35. The van der Waals surface area contributed by atoms with Gasteiger partial charge >= 0.3 is 0 Å². The predicted octanol–water partition coefficient (Wildman–Crippen LogP) is 1.14. The number of rotatable bonds is 8. The highest BCUT2D eigenvalue weighted by molar-refractivity contribution is 9.10. The van der Waals surface area contributed by atoms with Crippen molar-refractivity contribution < 1.29 is 14.3 Å². The highest BCUT2D eigenvalue weighted by Gasteiger charge is 2.22. The monoisotopic (exact) mass is 359 g/mol. The Morgan fingerprint density at radius 1 is 1.33 bits per heavy atom. The summed E-state index contributed by atoms with van der Waals surface area (Å²) < 4.78 is 11.2. The molecule has 7 heteroatoms. The number of hydrogen-bond donors (Lipinski definition) is 2. The minimum absolute atomic E-state index is 0.443. The van der Waals surface area contributed by atoms with E-state index in [9.17, 15) is 4.79 Å². The van der Waals surface area contributed by atoms with Gasteiger partial charge in [-0.25, -0.2) is 0 Å². The van der Waals surface area contributed by atoms with Crippen LogP contribution in [-0.2, 0) is 4.79 Å². The summed E-state index contributed by atoms with van der Waals surface area (Å²) in [7, 11) is 7.04. The molecule has 21 heavy (non-hydrogen) atoms. The first-order valence-corrected chi connectivity index (χ1v) is 7.28. The van der Waals surface area contributed by atoms with Gasteiger partial charge in [0, 0.05) is 17.6 Å². The first-order chi connectivity index (χ1) is 9.90. The van der Waals surface area contributed by atoms with Crippen molar-refractivity contribution in [2.45, 2.75) is 6.04 Å². The average molecular weight is 360 g/mol. The maximum Gasteiger partial charge on any atom is 0.239 e. The molecule has 1 rings (SSSR count). The van der Waals surface area contributed by atoms with Crippen LogP contribution in [0.1, 0.15) is 11.6 Å². The number of benzene rings is 1. The normalized spacial score (nSPS) is 12.3. The van der Waals surface area contributed by atoms with Gasteiger partial charge in [-0.1, -0.05) is 15.9 Å². The third-order valence-corrected chi connectivity index (χ3v) is 3.69. The van der Waals surface area contributed by atoms with E-state index >= 15 is 0 Å². The number of ether oxygens (including phenoxy) is 2. The van der Waals surface area contributed by atoms with Crippen LogP contribution in [0.4, 0.5) is 0 Å². The molecule has 3 N–H and O–H groups in total. The molecule has 0 fully saturated rings. The highest BCUT2D eigenvalue weighted by atomic mass is 79.9. The van der Waals surface area contributed by atoms with E-state index in [0.29, 0.717) is 18.0 Å². The van der Waals surface area contributed by atoms with E-state index in [1.165, 1.54) is 0 Å². The third kappa shape index (κ3) is 4.87. The molecule has 6 nitrogen and oxygen atoms in total. The molecule has 0 saturated heterocycles. The standard InChI is InChI=1S/C14H22BrN3O3/c1-18(2)6-5-17-13(14(16)19)9-7-11(20-3)12(21-4)8-10(9)15/h7-8,13,17H,5-6H2,1-4H3,(H2,16,19). The van der Waals surface area contributed by atoms with Crippen LogP contribution in [0.5, 0.6) is 11.5 Å². The van der Waals surface area contributed by atoms with Crippen LogP contribution in [0.2, 0.25) is 0 Å². The molecule has 1 unspecified atom stereocenters. The fourth-order valence-corrected chi connectivity index (χ4v) is 2.44. The van der Waals surface area contributed by atoms with Gasteiger partial charge in [0.15, 0.2) is 11.5 Å². The maximum atomic E-state index is 11.7. The number of nitrogens with one attached hydrogen (secondary N) is 1. The summed E-state index contributed by atoms with van der Waals surface area (Å²) in [4.78, 5) is 13.8. The van der Waals surface area contributed by atoms with Crippen LogP contribution in [0.15, 0.2) is 16.6 Å². The zero-order valence-electron chi connectivity index (χ0n) is 12.8. The maximum absolute atomic E-state index is 11.7. The summed E-state index contributed by atoms with van der Waals surface area (Å²) in [5, 5.41) is 3.15. The molecule has 1 atom stereocenters. The molecule has 1 amide bonds. The molecule has 0 heterocycles. The molecule has 0 radical (unpaired) electrons. The number of carbonyl (C=O) groups is 1. The van der Waals surface area contributed by atoms with Gasteiger partial charge in [0.1, 0.15) is 6.04 Å². The predicted molar refractivity (Wildman–Crippen MR) is 85.7 cm³/mol. The van der Waals surface area contributed by atoms with Gasteiger partial charge in [0.05, 0.1) is 14.2 Å². The van der Waals surface area contributed by atoms with Gasteiger partial charge < -0.3 is 25.4 Å². The van der Waals surface area contributed by atoms with Gasteiger partial charge in [-0.2, -0.15) is 0 Å². The van der Waals surface area contributed by atoms with Crippen molar-refractivity contribution >= 4 is 21.8 Å². The second kappa shape index (κ2) is 8.21. The minimum atomic E-state index is -0.598. The second-order valence-corrected chi connectivity index (χ2v) is 5.68. The number of amides is 1. The molecule has 0 aromatic heterocycles. The Morgan fingerprint density at radius 3 is 2.38 bits per heavy atom. The van der Waals surface area contributed by atoms with E-state index in [1.807, 2.05) is 19.0 Å². The van der Waals surface area contributed by atoms with Crippen molar-refractivity contribution in [3.8, 4) is 11.5 Å². The van der Waals surface area contributed by atoms with E-state index in [-0.39, 0.29) is 0 Å². The van der Waals surface area contributed by atoms with E-state index in [2.05, 4.69) is 21.2 Å². The summed E-state index contributed by atoms with van der Waals surface area (Å²) in [5.74, 6) is 0.697. The molecular weight excluding hydrogens is 338 g/mol. The Bertz CT molecular complexity index is 495. The number of nitrogens with zero attached hydrogens (tertiary/aromatic N) is 1. The Labute approximate surface area is 133 Å². The lowest BCUT2D eigenvalue weighted by molar-refractivity contribution is -0.120. The number of likely N-dealkylation sites (N-methyl/N-ethyl adjacent to an activating group) is 1. The van der Waals surface area contributed by atoms with Crippen molar-refractivity contribution in [2.24, 2.45) is 5.73 Å².